The third-order valence-electron chi connectivity index (χ3n) is 2.32. The molecule has 76 valence electrons. The Hall–Kier alpha value is -1.42. The molecule has 0 saturated heterocycles. The number of phenolic OH excluding ortho intramolecular Hbond substituents is 1. The van der Waals surface area contributed by atoms with Crippen molar-refractivity contribution in [3.63, 3.8) is 0 Å². The SMILES string of the molecule is CC(CO)c1cc(O)c2c(c1)OCO2. The van der Waals surface area contributed by atoms with Crippen molar-refractivity contribution in [2.45, 2.75) is 12.8 Å². The van der Waals surface area contributed by atoms with Crippen LogP contribution in [0.2, 0.25) is 0 Å². The van der Waals surface area contributed by atoms with Crippen molar-refractivity contribution in [1.29, 1.82) is 0 Å². The summed E-state index contributed by atoms with van der Waals surface area (Å²) in [7, 11) is 0. The highest BCUT2D eigenvalue weighted by Gasteiger charge is 2.20. The van der Waals surface area contributed by atoms with Crippen molar-refractivity contribution >= 4 is 0 Å². The van der Waals surface area contributed by atoms with Crippen LogP contribution in [0.5, 0.6) is 17.2 Å². The van der Waals surface area contributed by atoms with Crippen LogP contribution in [0.15, 0.2) is 12.1 Å². The van der Waals surface area contributed by atoms with Gasteiger partial charge in [-0.05, 0) is 17.7 Å². The Kier molecular flexibility index (Phi) is 2.21. The number of ether oxygens (including phenoxy) is 2. The molecule has 1 unspecified atom stereocenters. The summed E-state index contributed by atoms with van der Waals surface area (Å²) in [6.07, 6.45) is 0. The fraction of sp³-hybridized carbons (Fsp3) is 0.400. The topological polar surface area (TPSA) is 58.9 Å². The van der Waals surface area contributed by atoms with E-state index >= 15 is 0 Å². The maximum Gasteiger partial charge on any atom is 0.231 e. The summed E-state index contributed by atoms with van der Waals surface area (Å²) in [5.74, 6) is 0.977. The molecular weight excluding hydrogens is 184 g/mol. The van der Waals surface area contributed by atoms with E-state index in [2.05, 4.69) is 0 Å². The molecule has 1 heterocycles. The molecule has 0 bridgehead atoms. The van der Waals surface area contributed by atoms with E-state index in [1.807, 2.05) is 6.92 Å². The third kappa shape index (κ3) is 1.37. The number of hydrogen-bond acceptors (Lipinski definition) is 4. The van der Waals surface area contributed by atoms with Gasteiger partial charge in [-0.3, -0.25) is 0 Å². The van der Waals surface area contributed by atoms with E-state index in [-0.39, 0.29) is 25.1 Å². The zero-order valence-corrected chi connectivity index (χ0v) is 7.86. The van der Waals surface area contributed by atoms with Gasteiger partial charge in [0.05, 0.1) is 0 Å². The Morgan fingerprint density at radius 3 is 2.93 bits per heavy atom. The lowest BCUT2D eigenvalue weighted by atomic mass is 10.0. The van der Waals surface area contributed by atoms with Gasteiger partial charge in [-0.2, -0.15) is 0 Å². The lowest BCUT2D eigenvalue weighted by Gasteiger charge is -2.09. The molecule has 1 aromatic rings. The molecule has 1 aliphatic heterocycles. The lowest BCUT2D eigenvalue weighted by Crippen LogP contribution is -1.98. The summed E-state index contributed by atoms with van der Waals surface area (Å²) in [4.78, 5) is 0. The molecule has 2 N–H and O–H groups in total. The monoisotopic (exact) mass is 196 g/mol. The van der Waals surface area contributed by atoms with Crippen molar-refractivity contribution < 1.29 is 19.7 Å². The summed E-state index contributed by atoms with van der Waals surface area (Å²) in [5.41, 5.74) is 0.842. The summed E-state index contributed by atoms with van der Waals surface area (Å²) >= 11 is 0. The predicted octanol–water partition coefficient (Wildman–Crippen LogP) is 1.22. The Balaban J connectivity index is 2.41. The van der Waals surface area contributed by atoms with Crippen molar-refractivity contribution in [2.75, 3.05) is 13.4 Å². The number of benzene rings is 1. The number of fused-ring (bicyclic) bond motifs is 1. The Morgan fingerprint density at radius 1 is 1.43 bits per heavy atom. The summed E-state index contributed by atoms with van der Waals surface area (Å²) in [6, 6.07) is 3.37. The normalized spacial score (nSPS) is 15.6. The van der Waals surface area contributed by atoms with Gasteiger partial charge >= 0.3 is 0 Å². The van der Waals surface area contributed by atoms with Crippen molar-refractivity contribution in [3.8, 4) is 17.2 Å². The smallest absolute Gasteiger partial charge is 0.231 e. The van der Waals surface area contributed by atoms with Crippen LogP contribution >= 0.6 is 0 Å². The summed E-state index contributed by atoms with van der Waals surface area (Å²) < 4.78 is 10.2. The van der Waals surface area contributed by atoms with E-state index < -0.39 is 0 Å². The van der Waals surface area contributed by atoms with Crippen LogP contribution < -0.4 is 9.47 Å². The molecule has 0 aliphatic carbocycles. The van der Waals surface area contributed by atoms with E-state index in [9.17, 15) is 5.11 Å². The molecule has 14 heavy (non-hydrogen) atoms. The minimum absolute atomic E-state index is 0.0181. The zero-order valence-electron chi connectivity index (χ0n) is 7.86. The first kappa shape index (κ1) is 9.15. The van der Waals surface area contributed by atoms with E-state index in [1.165, 1.54) is 0 Å². The van der Waals surface area contributed by atoms with E-state index in [1.54, 1.807) is 12.1 Å². The quantitative estimate of drug-likeness (QED) is 0.746. The minimum atomic E-state index is -0.0181. The number of hydrogen-bond donors (Lipinski definition) is 2. The second-order valence-electron chi connectivity index (χ2n) is 3.36. The number of aromatic hydroxyl groups is 1. The number of phenols is 1. The predicted molar refractivity (Wildman–Crippen MR) is 49.7 cm³/mol. The highest BCUT2D eigenvalue weighted by molar-refractivity contribution is 5.54. The van der Waals surface area contributed by atoms with Gasteiger partial charge in [-0.15, -0.1) is 0 Å². The average Bonchev–Trinajstić information content (AvgIpc) is 2.64. The van der Waals surface area contributed by atoms with Gasteiger partial charge in [0.1, 0.15) is 0 Å². The van der Waals surface area contributed by atoms with E-state index in [4.69, 9.17) is 14.6 Å². The molecule has 4 nitrogen and oxygen atoms in total. The number of aliphatic hydroxyl groups is 1. The van der Waals surface area contributed by atoms with Crippen LogP contribution in [0, 0.1) is 0 Å². The van der Waals surface area contributed by atoms with Gasteiger partial charge in [0.25, 0.3) is 0 Å². The van der Waals surface area contributed by atoms with Gasteiger partial charge < -0.3 is 19.7 Å². The third-order valence-corrected chi connectivity index (χ3v) is 2.32. The second-order valence-corrected chi connectivity index (χ2v) is 3.36. The molecule has 0 fully saturated rings. The molecule has 1 aromatic carbocycles. The molecule has 0 spiro atoms. The van der Waals surface area contributed by atoms with Crippen LogP contribution in [0.1, 0.15) is 18.4 Å². The minimum Gasteiger partial charge on any atom is -0.504 e. The molecule has 0 saturated carbocycles. The fourth-order valence-corrected chi connectivity index (χ4v) is 1.40. The molecule has 0 aromatic heterocycles. The van der Waals surface area contributed by atoms with Gasteiger partial charge in [-0.25, -0.2) is 0 Å². The van der Waals surface area contributed by atoms with E-state index in [0.717, 1.165) is 5.56 Å². The van der Waals surface area contributed by atoms with Crippen molar-refractivity contribution in [2.24, 2.45) is 0 Å². The first-order valence-electron chi connectivity index (χ1n) is 4.45. The first-order chi connectivity index (χ1) is 6.72. The van der Waals surface area contributed by atoms with Crippen LogP contribution in [-0.4, -0.2) is 23.6 Å². The largest absolute Gasteiger partial charge is 0.504 e. The Morgan fingerprint density at radius 2 is 2.21 bits per heavy atom. The van der Waals surface area contributed by atoms with Gasteiger partial charge in [0, 0.05) is 12.5 Å². The maximum absolute atomic E-state index is 9.57. The van der Waals surface area contributed by atoms with Gasteiger partial charge in [-0.1, -0.05) is 6.92 Å². The van der Waals surface area contributed by atoms with Crippen LogP contribution in [0.3, 0.4) is 0 Å². The fourth-order valence-electron chi connectivity index (χ4n) is 1.40. The van der Waals surface area contributed by atoms with Crippen LogP contribution in [0.25, 0.3) is 0 Å². The Bertz CT molecular complexity index is 348. The van der Waals surface area contributed by atoms with E-state index in [0.29, 0.717) is 11.5 Å². The second kappa shape index (κ2) is 3.38. The zero-order chi connectivity index (χ0) is 10.1. The van der Waals surface area contributed by atoms with Crippen LogP contribution in [0.4, 0.5) is 0 Å². The standard InChI is InChI=1S/C10H12O4/c1-6(4-11)7-2-8(12)10-9(3-7)13-5-14-10/h2-3,6,11-12H,4-5H2,1H3. The molecule has 2 rings (SSSR count). The maximum atomic E-state index is 9.57. The highest BCUT2D eigenvalue weighted by atomic mass is 16.7. The Labute approximate surface area is 81.7 Å². The number of aliphatic hydroxyl groups excluding tert-OH is 1. The van der Waals surface area contributed by atoms with Crippen molar-refractivity contribution in [1.82, 2.24) is 0 Å². The van der Waals surface area contributed by atoms with Crippen molar-refractivity contribution in [3.05, 3.63) is 17.7 Å². The molecule has 1 atom stereocenters. The highest BCUT2D eigenvalue weighted by Crippen LogP contribution is 2.42. The lowest BCUT2D eigenvalue weighted by molar-refractivity contribution is 0.171. The first-order valence-corrected chi connectivity index (χ1v) is 4.45. The van der Waals surface area contributed by atoms with Gasteiger partial charge in [0.15, 0.2) is 11.5 Å². The molecular formula is C10H12O4. The summed E-state index contributed by atoms with van der Waals surface area (Å²) in [6.45, 7) is 2.05. The number of rotatable bonds is 2. The summed E-state index contributed by atoms with van der Waals surface area (Å²) in [5, 5.41) is 18.5. The molecule has 0 amide bonds. The molecule has 4 heteroatoms. The molecule has 0 radical (unpaired) electrons. The van der Waals surface area contributed by atoms with Gasteiger partial charge in [0.2, 0.25) is 12.5 Å². The molecule has 1 aliphatic rings. The van der Waals surface area contributed by atoms with Crippen LogP contribution in [-0.2, 0) is 0 Å². The average molecular weight is 196 g/mol.